The first-order chi connectivity index (χ1) is 9.78. The minimum atomic E-state index is 0.0144. The van der Waals surface area contributed by atoms with E-state index >= 15 is 0 Å². The van der Waals surface area contributed by atoms with Crippen LogP contribution in [0, 0.1) is 23.7 Å². The fourth-order valence-corrected chi connectivity index (χ4v) is 5.39. The zero-order valence-corrected chi connectivity index (χ0v) is 12.2. The van der Waals surface area contributed by atoms with Crippen LogP contribution < -0.4 is 5.32 Å². The third kappa shape index (κ3) is 1.92. The van der Waals surface area contributed by atoms with Gasteiger partial charge in [-0.15, -0.1) is 0 Å². The van der Waals surface area contributed by atoms with Gasteiger partial charge >= 0.3 is 0 Å². The van der Waals surface area contributed by atoms with Gasteiger partial charge in [-0.05, 0) is 62.8 Å². The molecule has 4 heteroatoms. The van der Waals surface area contributed by atoms with Crippen LogP contribution in [0.5, 0.6) is 0 Å². The second-order valence-electron chi connectivity index (χ2n) is 7.20. The molecule has 1 aromatic heterocycles. The van der Waals surface area contributed by atoms with Crippen LogP contribution in [0.15, 0.2) is 12.4 Å². The number of aromatic nitrogens is 2. The van der Waals surface area contributed by atoms with Crippen LogP contribution >= 0.6 is 0 Å². The monoisotopic (exact) mass is 275 g/mol. The lowest BCUT2D eigenvalue weighted by molar-refractivity contribution is -0.0336. The lowest BCUT2D eigenvalue weighted by Crippen LogP contribution is -2.46. The largest absolute Gasteiger partial charge is 0.394 e. The summed E-state index contributed by atoms with van der Waals surface area (Å²) in [5, 5.41) is 17.2. The molecule has 0 spiro atoms. The zero-order chi connectivity index (χ0) is 13.7. The third-order valence-corrected chi connectivity index (χ3v) is 6.04. The lowest BCUT2D eigenvalue weighted by atomic mass is 9.54. The van der Waals surface area contributed by atoms with Crippen molar-refractivity contribution in [2.45, 2.75) is 44.2 Å². The van der Waals surface area contributed by atoms with Gasteiger partial charge < -0.3 is 10.4 Å². The molecule has 4 aliphatic rings. The molecule has 4 nitrogen and oxygen atoms in total. The molecular formula is C16H25N3O. The summed E-state index contributed by atoms with van der Waals surface area (Å²) >= 11 is 0. The van der Waals surface area contributed by atoms with Crippen LogP contribution in [0.4, 0.5) is 0 Å². The van der Waals surface area contributed by atoms with E-state index in [-0.39, 0.29) is 12.6 Å². The second kappa shape index (κ2) is 4.85. The molecule has 1 heterocycles. The Kier molecular flexibility index (Phi) is 3.11. The van der Waals surface area contributed by atoms with Gasteiger partial charge in [0.1, 0.15) is 0 Å². The average Bonchev–Trinajstić information content (AvgIpc) is 2.88. The topological polar surface area (TPSA) is 50.1 Å². The minimum absolute atomic E-state index is 0.0144. The lowest BCUT2D eigenvalue weighted by Gasteiger charge is -2.54. The number of aliphatic hydroxyl groups is 1. The van der Waals surface area contributed by atoms with Gasteiger partial charge in [0.25, 0.3) is 0 Å². The molecule has 1 unspecified atom stereocenters. The van der Waals surface area contributed by atoms with E-state index in [1.54, 1.807) is 0 Å². The molecule has 20 heavy (non-hydrogen) atoms. The number of hydrogen-bond acceptors (Lipinski definition) is 3. The molecule has 110 valence electrons. The van der Waals surface area contributed by atoms with Crippen LogP contribution in [0.3, 0.4) is 0 Å². The van der Waals surface area contributed by atoms with Gasteiger partial charge in [0, 0.05) is 11.8 Å². The Hall–Kier alpha value is -0.870. The SMILES string of the molecule is CNC(CO)c1cnn(C2C3CC4CC(C3)CC2C4)c1. The Balaban J connectivity index is 1.59. The van der Waals surface area contributed by atoms with Crippen molar-refractivity contribution in [2.75, 3.05) is 13.7 Å². The van der Waals surface area contributed by atoms with Crippen molar-refractivity contribution in [1.82, 2.24) is 15.1 Å². The van der Waals surface area contributed by atoms with Gasteiger partial charge in [-0.3, -0.25) is 4.68 Å². The van der Waals surface area contributed by atoms with Gasteiger partial charge in [-0.25, -0.2) is 0 Å². The third-order valence-electron chi connectivity index (χ3n) is 6.04. The molecule has 5 rings (SSSR count). The van der Waals surface area contributed by atoms with Gasteiger partial charge in [0.2, 0.25) is 0 Å². The fourth-order valence-electron chi connectivity index (χ4n) is 5.39. The molecule has 0 amide bonds. The Bertz CT molecular complexity index is 452. The Morgan fingerprint density at radius 2 is 1.90 bits per heavy atom. The average molecular weight is 275 g/mol. The van der Waals surface area contributed by atoms with Crippen LogP contribution in [0.1, 0.15) is 49.8 Å². The highest BCUT2D eigenvalue weighted by Crippen LogP contribution is 2.58. The number of nitrogens with one attached hydrogen (secondary N) is 1. The number of aliphatic hydroxyl groups excluding tert-OH is 1. The fraction of sp³-hybridized carbons (Fsp3) is 0.812. The smallest absolute Gasteiger partial charge is 0.0627 e. The van der Waals surface area contributed by atoms with Crippen LogP contribution in [-0.4, -0.2) is 28.5 Å². The zero-order valence-electron chi connectivity index (χ0n) is 12.2. The first-order valence-corrected chi connectivity index (χ1v) is 8.10. The van der Waals surface area contributed by atoms with E-state index in [1.807, 2.05) is 13.2 Å². The molecule has 4 bridgehead atoms. The van der Waals surface area contributed by atoms with Crippen molar-refractivity contribution in [3.8, 4) is 0 Å². The van der Waals surface area contributed by atoms with E-state index in [4.69, 9.17) is 0 Å². The highest BCUT2D eigenvalue weighted by atomic mass is 16.3. The maximum absolute atomic E-state index is 9.40. The van der Waals surface area contributed by atoms with Crippen LogP contribution in [0.2, 0.25) is 0 Å². The molecule has 4 aliphatic carbocycles. The number of hydrogen-bond donors (Lipinski definition) is 2. The maximum Gasteiger partial charge on any atom is 0.0627 e. The summed E-state index contributed by atoms with van der Waals surface area (Å²) in [4.78, 5) is 0. The second-order valence-corrected chi connectivity index (χ2v) is 7.20. The van der Waals surface area contributed by atoms with Crippen molar-refractivity contribution in [3.63, 3.8) is 0 Å². The van der Waals surface area contributed by atoms with Gasteiger partial charge in [-0.1, -0.05) is 0 Å². The number of nitrogens with zero attached hydrogens (tertiary/aromatic N) is 2. The maximum atomic E-state index is 9.40. The molecule has 1 atom stereocenters. The first-order valence-electron chi connectivity index (χ1n) is 8.10. The summed E-state index contributed by atoms with van der Waals surface area (Å²) in [5.41, 5.74) is 1.11. The van der Waals surface area contributed by atoms with Crippen molar-refractivity contribution in [3.05, 3.63) is 18.0 Å². The van der Waals surface area contributed by atoms with E-state index in [1.165, 1.54) is 32.1 Å². The molecule has 0 aromatic carbocycles. The normalized spacial score (nSPS) is 40.2. The summed E-state index contributed by atoms with van der Waals surface area (Å²) in [6.07, 6.45) is 11.3. The Morgan fingerprint density at radius 3 is 2.45 bits per heavy atom. The predicted molar refractivity (Wildman–Crippen MR) is 77.2 cm³/mol. The summed E-state index contributed by atoms with van der Waals surface area (Å²) in [6, 6.07) is 0.633. The summed E-state index contributed by atoms with van der Waals surface area (Å²) in [5.74, 6) is 3.71. The summed E-state index contributed by atoms with van der Waals surface area (Å²) in [6.45, 7) is 0.129. The van der Waals surface area contributed by atoms with E-state index in [0.29, 0.717) is 6.04 Å². The predicted octanol–water partition coefficient (Wildman–Crippen LogP) is 2.13. The Morgan fingerprint density at radius 1 is 1.25 bits per heavy atom. The molecule has 0 aliphatic heterocycles. The van der Waals surface area contributed by atoms with Gasteiger partial charge in [0.05, 0.1) is 24.9 Å². The van der Waals surface area contributed by atoms with Gasteiger partial charge in [0.15, 0.2) is 0 Å². The summed E-state index contributed by atoms with van der Waals surface area (Å²) in [7, 11) is 1.89. The molecule has 0 radical (unpaired) electrons. The molecule has 4 saturated carbocycles. The van der Waals surface area contributed by atoms with Crippen molar-refractivity contribution in [1.29, 1.82) is 0 Å². The molecule has 0 saturated heterocycles. The van der Waals surface area contributed by atoms with E-state index < -0.39 is 0 Å². The molecule has 2 N–H and O–H groups in total. The summed E-state index contributed by atoms with van der Waals surface area (Å²) < 4.78 is 2.22. The van der Waals surface area contributed by atoms with Crippen molar-refractivity contribution >= 4 is 0 Å². The van der Waals surface area contributed by atoms with Crippen LogP contribution in [0.25, 0.3) is 0 Å². The highest BCUT2D eigenvalue weighted by molar-refractivity contribution is 5.12. The minimum Gasteiger partial charge on any atom is -0.394 e. The van der Waals surface area contributed by atoms with Crippen molar-refractivity contribution < 1.29 is 5.11 Å². The quantitative estimate of drug-likeness (QED) is 0.885. The highest BCUT2D eigenvalue weighted by Gasteiger charge is 2.49. The molecular weight excluding hydrogens is 250 g/mol. The number of rotatable bonds is 4. The van der Waals surface area contributed by atoms with Crippen LogP contribution in [-0.2, 0) is 0 Å². The first kappa shape index (κ1) is 12.8. The molecule has 4 fully saturated rings. The van der Waals surface area contributed by atoms with E-state index in [2.05, 4.69) is 21.3 Å². The van der Waals surface area contributed by atoms with Crippen molar-refractivity contribution in [2.24, 2.45) is 23.7 Å². The van der Waals surface area contributed by atoms with E-state index in [9.17, 15) is 5.11 Å². The van der Waals surface area contributed by atoms with E-state index in [0.717, 1.165) is 29.2 Å². The Labute approximate surface area is 120 Å². The number of likely N-dealkylation sites (N-methyl/N-ethyl adjacent to an activating group) is 1. The standard InChI is InChI=1S/C16H25N3O/c1-17-15(9-20)14-7-18-19(8-14)16-12-3-10-2-11(5-12)6-13(16)4-10/h7-8,10-13,15-17,20H,2-6,9H2,1H3. The van der Waals surface area contributed by atoms with Gasteiger partial charge in [-0.2, -0.15) is 5.10 Å². The molecule has 1 aromatic rings.